The van der Waals surface area contributed by atoms with Crippen LogP contribution in [0.3, 0.4) is 0 Å². The first kappa shape index (κ1) is 19.7. The van der Waals surface area contributed by atoms with E-state index in [4.69, 9.17) is 5.73 Å². The fourth-order valence-corrected chi connectivity index (χ4v) is 1.67. The molecule has 3 nitrogen and oxygen atoms in total. The molecule has 3 N–H and O–H groups in total. The summed E-state index contributed by atoms with van der Waals surface area (Å²) in [5.41, 5.74) is 6.61. The Kier molecular flexibility index (Phi) is 8.36. The Hall–Kier alpha value is -1.27. The molecule has 1 rings (SSSR count). The van der Waals surface area contributed by atoms with Crippen molar-refractivity contribution in [2.45, 2.75) is 44.8 Å². The number of amides is 1. The van der Waals surface area contributed by atoms with Crippen molar-refractivity contribution in [3.8, 4) is 0 Å². The lowest BCUT2D eigenvalue weighted by Crippen LogP contribution is -2.19. The largest absolute Gasteiger partial charge is 0.389 e. The van der Waals surface area contributed by atoms with Gasteiger partial charge in [-0.2, -0.15) is 13.2 Å². The minimum atomic E-state index is -4.17. The second kappa shape index (κ2) is 8.89. The van der Waals surface area contributed by atoms with Crippen molar-refractivity contribution in [1.29, 1.82) is 0 Å². The summed E-state index contributed by atoms with van der Waals surface area (Å²) in [4.78, 5) is 11.6. The molecule has 0 spiro atoms. The summed E-state index contributed by atoms with van der Waals surface area (Å²) in [6.07, 6.45) is -4.26. The molecule has 1 aromatic carbocycles. The number of carbonyl (C=O) groups excluding carboxylic acids is 1. The van der Waals surface area contributed by atoms with Gasteiger partial charge in [0.25, 0.3) is 0 Å². The fraction of sp³-hybridized carbons (Fsp3) is 0.500. The van der Waals surface area contributed by atoms with Gasteiger partial charge in [0.15, 0.2) is 0 Å². The van der Waals surface area contributed by atoms with E-state index in [0.717, 1.165) is 0 Å². The van der Waals surface area contributed by atoms with Crippen molar-refractivity contribution in [3.63, 3.8) is 0 Å². The minimum absolute atomic E-state index is 0. The number of benzene rings is 1. The van der Waals surface area contributed by atoms with Gasteiger partial charge in [0.05, 0.1) is 0 Å². The van der Waals surface area contributed by atoms with Crippen LogP contribution in [0.5, 0.6) is 0 Å². The van der Waals surface area contributed by atoms with Gasteiger partial charge in [0, 0.05) is 24.6 Å². The number of nitrogens with two attached hydrogens (primary N) is 1. The molecule has 0 saturated carbocycles. The van der Waals surface area contributed by atoms with Crippen LogP contribution in [0.4, 0.5) is 18.9 Å². The highest BCUT2D eigenvalue weighted by Gasteiger charge is 2.26. The normalized spacial score (nSPS) is 12.4. The topological polar surface area (TPSA) is 55.1 Å². The van der Waals surface area contributed by atoms with E-state index in [1.807, 2.05) is 6.92 Å². The molecule has 0 aliphatic carbocycles. The first-order valence-corrected chi connectivity index (χ1v) is 6.47. The average molecular weight is 325 g/mol. The summed E-state index contributed by atoms with van der Waals surface area (Å²) in [6, 6.07) is 6.41. The van der Waals surface area contributed by atoms with Gasteiger partial charge < -0.3 is 11.1 Å². The zero-order valence-electron chi connectivity index (χ0n) is 11.7. The molecule has 7 heteroatoms. The van der Waals surface area contributed by atoms with Gasteiger partial charge in [0.1, 0.15) is 0 Å². The second-order valence-electron chi connectivity index (χ2n) is 4.88. The summed E-state index contributed by atoms with van der Waals surface area (Å²) < 4.78 is 36.4. The molecule has 0 aliphatic rings. The Labute approximate surface area is 128 Å². The predicted octanol–water partition coefficient (Wildman–Crippen LogP) is 3.67. The van der Waals surface area contributed by atoms with Gasteiger partial charge in [-0.3, -0.25) is 4.79 Å². The molecule has 21 heavy (non-hydrogen) atoms. The van der Waals surface area contributed by atoms with E-state index < -0.39 is 12.6 Å². The summed E-state index contributed by atoms with van der Waals surface area (Å²) in [6.45, 7) is 1.81. The first-order valence-electron chi connectivity index (χ1n) is 6.47. The lowest BCUT2D eigenvalue weighted by molar-refractivity contribution is -0.134. The smallest absolute Gasteiger partial charge is 0.328 e. The molecule has 1 unspecified atom stereocenters. The highest BCUT2D eigenvalue weighted by molar-refractivity contribution is 5.90. The summed E-state index contributed by atoms with van der Waals surface area (Å²) in [7, 11) is 0. The number of hydrogen-bond donors (Lipinski definition) is 2. The molecule has 1 amide bonds. The Morgan fingerprint density at radius 3 is 2.62 bits per heavy atom. The average Bonchev–Trinajstić information content (AvgIpc) is 2.34. The molecular formula is C14H20ClF3N2O. The lowest BCUT2D eigenvalue weighted by Gasteiger charge is -2.09. The molecule has 0 bridgehead atoms. The number of aryl methyl sites for hydroxylation is 1. The van der Waals surface area contributed by atoms with Crippen LogP contribution in [0.2, 0.25) is 0 Å². The Morgan fingerprint density at radius 1 is 1.38 bits per heavy atom. The van der Waals surface area contributed by atoms with Crippen LogP contribution in [0, 0.1) is 0 Å². The van der Waals surface area contributed by atoms with Gasteiger partial charge >= 0.3 is 6.18 Å². The van der Waals surface area contributed by atoms with Crippen LogP contribution < -0.4 is 11.1 Å². The van der Waals surface area contributed by atoms with Crippen LogP contribution in [-0.4, -0.2) is 18.1 Å². The van der Waals surface area contributed by atoms with E-state index in [1.165, 1.54) is 0 Å². The molecule has 1 atom stereocenters. The zero-order valence-corrected chi connectivity index (χ0v) is 12.6. The van der Waals surface area contributed by atoms with Gasteiger partial charge in [-0.05, 0) is 37.5 Å². The number of nitrogens with one attached hydrogen (secondary N) is 1. The lowest BCUT2D eigenvalue weighted by atomic mass is 10.1. The quantitative estimate of drug-likeness (QED) is 0.839. The minimum Gasteiger partial charge on any atom is -0.328 e. The van der Waals surface area contributed by atoms with E-state index in [2.05, 4.69) is 5.32 Å². The van der Waals surface area contributed by atoms with Crippen molar-refractivity contribution in [2.24, 2.45) is 5.73 Å². The maximum absolute atomic E-state index is 12.1. The molecular weight excluding hydrogens is 305 g/mol. The molecule has 0 heterocycles. The van der Waals surface area contributed by atoms with Crippen molar-refractivity contribution >= 4 is 24.0 Å². The Bertz CT molecular complexity index is 450. The fourth-order valence-electron chi connectivity index (χ4n) is 1.67. The number of halogens is 4. The van der Waals surface area contributed by atoms with E-state index >= 15 is 0 Å². The van der Waals surface area contributed by atoms with Crippen molar-refractivity contribution in [3.05, 3.63) is 29.8 Å². The number of anilines is 1. The molecule has 0 radical (unpaired) electrons. The maximum Gasteiger partial charge on any atom is 0.389 e. The van der Waals surface area contributed by atoms with E-state index in [9.17, 15) is 18.0 Å². The molecule has 0 saturated heterocycles. The highest BCUT2D eigenvalue weighted by atomic mass is 35.5. The van der Waals surface area contributed by atoms with Gasteiger partial charge in [0.2, 0.25) is 5.91 Å². The van der Waals surface area contributed by atoms with Crippen LogP contribution in [0.25, 0.3) is 0 Å². The van der Waals surface area contributed by atoms with Crippen LogP contribution in [-0.2, 0) is 11.2 Å². The van der Waals surface area contributed by atoms with Crippen LogP contribution in [0.1, 0.15) is 31.7 Å². The third-order valence-electron chi connectivity index (χ3n) is 2.73. The van der Waals surface area contributed by atoms with Crippen molar-refractivity contribution in [1.82, 2.24) is 0 Å². The maximum atomic E-state index is 12.1. The van der Waals surface area contributed by atoms with Gasteiger partial charge in [-0.15, -0.1) is 12.4 Å². The van der Waals surface area contributed by atoms with Crippen LogP contribution in [0.15, 0.2) is 24.3 Å². The summed E-state index contributed by atoms with van der Waals surface area (Å²) in [5.74, 6) is -0.185. The number of alkyl halides is 3. The first-order chi connectivity index (χ1) is 9.26. The predicted molar refractivity (Wildman–Crippen MR) is 79.6 cm³/mol. The van der Waals surface area contributed by atoms with E-state index in [0.29, 0.717) is 24.1 Å². The number of rotatable bonds is 6. The van der Waals surface area contributed by atoms with Gasteiger partial charge in [-0.1, -0.05) is 12.1 Å². The van der Waals surface area contributed by atoms with E-state index in [-0.39, 0.29) is 30.8 Å². The third-order valence-corrected chi connectivity index (χ3v) is 2.73. The molecule has 0 aliphatic heterocycles. The van der Waals surface area contributed by atoms with Crippen molar-refractivity contribution in [2.75, 3.05) is 5.32 Å². The molecule has 120 valence electrons. The van der Waals surface area contributed by atoms with Crippen LogP contribution >= 0.6 is 12.4 Å². The van der Waals surface area contributed by atoms with Crippen molar-refractivity contribution < 1.29 is 18.0 Å². The molecule has 0 fully saturated rings. The zero-order chi connectivity index (χ0) is 15.2. The van der Waals surface area contributed by atoms with E-state index in [1.54, 1.807) is 24.3 Å². The number of hydrogen-bond acceptors (Lipinski definition) is 2. The molecule has 1 aromatic rings. The monoisotopic (exact) mass is 324 g/mol. The standard InChI is InChI=1S/C14H19F3N2O.ClH/c1-10(18)5-6-13(20)19-12-4-2-3-11(9-12)7-8-14(15,16)17;/h2-4,9-10H,5-8,18H2,1H3,(H,19,20);1H. The van der Waals surface area contributed by atoms with Gasteiger partial charge in [-0.25, -0.2) is 0 Å². The highest BCUT2D eigenvalue weighted by Crippen LogP contribution is 2.23. The Morgan fingerprint density at radius 2 is 2.05 bits per heavy atom. The SMILES string of the molecule is CC(N)CCC(=O)Nc1cccc(CCC(F)(F)F)c1.Cl. The molecule has 0 aromatic heterocycles. The second-order valence-corrected chi connectivity index (χ2v) is 4.88. The summed E-state index contributed by atoms with van der Waals surface area (Å²) >= 11 is 0. The Balaban J connectivity index is 0.00000400. The summed E-state index contributed by atoms with van der Waals surface area (Å²) in [5, 5.41) is 2.66. The number of carbonyl (C=O) groups is 1. The third kappa shape index (κ3) is 9.31.